The number of hydrogen-bond acceptors (Lipinski definition) is 8. The molecule has 174 valence electrons. The monoisotopic (exact) mass is 451 g/mol. The van der Waals surface area contributed by atoms with Gasteiger partial charge in [-0.3, -0.25) is 4.79 Å². The second-order valence-corrected chi connectivity index (χ2v) is 9.93. The summed E-state index contributed by atoms with van der Waals surface area (Å²) in [6.07, 6.45) is 8.55. The molecule has 4 aliphatic carbocycles. The largest absolute Gasteiger partial charge is 0.390 e. The van der Waals surface area contributed by atoms with Crippen molar-refractivity contribution in [2.75, 3.05) is 25.5 Å². The zero-order chi connectivity index (χ0) is 22.6. The average Bonchev–Trinajstić information content (AvgIpc) is 3.45. The number of H-pyrrole nitrogens is 1. The lowest BCUT2D eigenvalue weighted by Crippen LogP contribution is -2.59. The van der Waals surface area contributed by atoms with E-state index >= 15 is 0 Å². The van der Waals surface area contributed by atoms with E-state index in [9.17, 15) is 9.90 Å². The molecule has 33 heavy (non-hydrogen) atoms. The normalized spacial score (nSPS) is 30.1. The fraction of sp³-hybridized carbons (Fsp3) is 0.565. The smallest absolute Gasteiger partial charge is 0.292 e. The minimum atomic E-state index is -0.485. The van der Waals surface area contributed by atoms with Gasteiger partial charge in [-0.1, -0.05) is 5.16 Å². The molecule has 7 rings (SSSR count). The quantitative estimate of drug-likeness (QED) is 0.343. The Kier molecular flexibility index (Phi) is 4.88. The highest BCUT2D eigenvalue weighted by molar-refractivity contribution is 5.97. The molecular weight excluding hydrogens is 422 g/mol. The molecule has 4 fully saturated rings. The van der Waals surface area contributed by atoms with Crippen molar-refractivity contribution >= 4 is 22.6 Å². The van der Waals surface area contributed by atoms with E-state index in [0.717, 1.165) is 48.8 Å². The van der Waals surface area contributed by atoms with Gasteiger partial charge in [0.25, 0.3) is 17.6 Å². The van der Waals surface area contributed by atoms with Crippen molar-refractivity contribution in [3.63, 3.8) is 0 Å². The maximum absolute atomic E-state index is 12.4. The summed E-state index contributed by atoms with van der Waals surface area (Å²) >= 11 is 0. The van der Waals surface area contributed by atoms with E-state index in [-0.39, 0.29) is 23.7 Å². The number of amides is 1. The van der Waals surface area contributed by atoms with Gasteiger partial charge in [0.2, 0.25) is 0 Å². The first-order chi connectivity index (χ1) is 16.0. The number of likely N-dealkylation sites (N-methyl/N-ethyl adjacent to an activating group) is 1. The van der Waals surface area contributed by atoms with Crippen LogP contribution in [0.15, 0.2) is 23.0 Å². The Morgan fingerprint density at radius 2 is 2.09 bits per heavy atom. The first-order valence-corrected chi connectivity index (χ1v) is 11.7. The van der Waals surface area contributed by atoms with Crippen molar-refractivity contribution in [1.29, 1.82) is 0 Å². The lowest BCUT2D eigenvalue weighted by atomic mass is 9.52. The summed E-state index contributed by atoms with van der Waals surface area (Å²) in [4.78, 5) is 24.4. The van der Waals surface area contributed by atoms with Gasteiger partial charge in [0, 0.05) is 36.9 Å². The van der Waals surface area contributed by atoms with E-state index in [4.69, 9.17) is 4.52 Å². The Hall–Kier alpha value is -2.98. The van der Waals surface area contributed by atoms with Gasteiger partial charge in [-0.05, 0) is 63.0 Å². The minimum absolute atomic E-state index is 0.00179. The van der Waals surface area contributed by atoms with E-state index in [0.29, 0.717) is 36.4 Å². The maximum Gasteiger partial charge on any atom is 0.292 e. The summed E-state index contributed by atoms with van der Waals surface area (Å²) < 4.78 is 5.50. The second-order valence-electron chi connectivity index (χ2n) is 9.93. The highest BCUT2D eigenvalue weighted by Gasteiger charge is 2.54. The number of anilines is 1. The number of carbonyl (C=O) groups is 1. The Morgan fingerprint density at radius 3 is 2.85 bits per heavy atom. The second kappa shape index (κ2) is 7.81. The molecule has 4 bridgehead atoms. The van der Waals surface area contributed by atoms with Gasteiger partial charge in [0.1, 0.15) is 5.65 Å². The zero-order valence-electron chi connectivity index (χ0n) is 18.6. The summed E-state index contributed by atoms with van der Waals surface area (Å²) in [5, 5.41) is 25.4. The molecule has 0 saturated heterocycles. The van der Waals surface area contributed by atoms with Gasteiger partial charge in [0.05, 0.1) is 16.9 Å². The van der Waals surface area contributed by atoms with Crippen molar-refractivity contribution in [2.45, 2.75) is 43.7 Å². The molecule has 10 nitrogen and oxygen atoms in total. The van der Waals surface area contributed by atoms with Crippen LogP contribution in [-0.2, 0) is 0 Å². The maximum atomic E-state index is 12.4. The van der Waals surface area contributed by atoms with Crippen LogP contribution in [0.1, 0.15) is 42.7 Å². The number of aliphatic hydroxyl groups is 1. The molecule has 3 heterocycles. The zero-order valence-corrected chi connectivity index (χ0v) is 18.6. The first kappa shape index (κ1) is 20.6. The molecule has 5 N–H and O–H groups in total. The number of fused-ring (bicyclic) bond motifs is 1. The Morgan fingerprint density at radius 1 is 1.27 bits per heavy atom. The Labute approximate surface area is 190 Å². The van der Waals surface area contributed by atoms with Crippen molar-refractivity contribution in [2.24, 2.45) is 17.8 Å². The molecule has 4 aliphatic rings. The number of hydrogen-bond donors (Lipinski definition) is 5. The van der Waals surface area contributed by atoms with Crippen molar-refractivity contribution < 1.29 is 14.4 Å². The van der Waals surface area contributed by atoms with Gasteiger partial charge >= 0.3 is 0 Å². The van der Waals surface area contributed by atoms with Crippen LogP contribution in [0, 0.1) is 17.8 Å². The molecule has 0 spiro atoms. The van der Waals surface area contributed by atoms with Crippen LogP contribution < -0.4 is 16.0 Å². The number of carbonyl (C=O) groups excluding carboxylic acids is 1. The van der Waals surface area contributed by atoms with E-state index in [2.05, 4.69) is 36.1 Å². The third-order valence-corrected chi connectivity index (χ3v) is 7.66. The number of nitrogens with zero attached hydrogens (tertiary/aromatic N) is 3. The molecule has 3 aromatic rings. The van der Waals surface area contributed by atoms with Crippen LogP contribution in [0.4, 0.5) is 5.69 Å². The van der Waals surface area contributed by atoms with Crippen molar-refractivity contribution in [1.82, 2.24) is 30.7 Å². The van der Waals surface area contributed by atoms with Crippen LogP contribution in [-0.4, -0.2) is 62.9 Å². The van der Waals surface area contributed by atoms with Crippen LogP contribution in [0.5, 0.6) is 0 Å². The fourth-order valence-electron chi connectivity index (χ4n) is 6.51. The molecule has 0 aromatic carbocycles. The predicted molar refractivity (Wildman–Crippen MR) is 122 cm³/mol. The summed E-state index contributed by atoms with van der Waals surface area (Å²) in [5.74, 6) is 1.39. The van der Waals surface area contributed by atoms with Gasteiger partial charge < -0.3 is 30.6 Å². The molecule has 3 unspecified atom stereocenters. The van der Waals surface area contributed by atoms with Gasteiger partial charge in [0.15, 0.2) is 0 Å². The molecule has 10 heteroatoms. The molecule has 0 aliphatic heterocycles. The summed E-state index contributed by atoms with van der Waals surface area (Å²) in [5.41, 5.74) is 1.85. The average molecular weight is 452 g/mol. The Bertz CT molecular complexity index is 1170. The topological polar surface area (TPSA) is 141 Å². The standard InChI is InChI=1S/C23H29N7O3/c1-24-4-5-26-21(31)20-29-22(33-30-20)16-11-27-19-15(2-3-25-19)18(16)28-17-13-6-12-7-14(17)10-23(32,8-12)9-13/h2-3,11-14,17,24,32H,4-10H2,1H3,(H,26,31)(H2,25,27,28)/t12?,13-,14+,17?,23?. The number of aromatic nitrogens is 4. The molecule has 3 aromatic heterocycles. The van der Waals surface area contributed by atoms with E-state index in [1.54, 1.807) is 6.20 Å². The van der Waals surface area contributed by atoms with Crippen molar-refractivity contribution in [3.8, 4) is 11.5 Å². The van der Waals surface area contributed by atoms with Gasteiger partial charge in [-0.2, -0.15) is 4.98 Å². The summed E-state index contributed by atoms with van der Waals surface area (Å²) in [6, 6.07) is 2.26. The molecule has 1 amide bonds. The highest BCUT2D eigenvalue weighted by atomic mass is 16.5. The van der Waals surface area contributed by atoms with Crippen LogP contribution in [0.3, 0.4) is 0 Å². The van der Waals surface area contributed by atoms with Crippen LogP contribution >= 0.6 is 0 Å². The number of nitrogens with one attached hydrogen (secondary N) is 4. The molecule has 5 atom stereocenters. The van der Waals surface area contributed by atoms with Crippen LogP contribution in [0.2, 0.25) is 0 Å². The van der Waals surface area contributed by atoms with Gasteiger partial charge in [-0.25, -0.2) is 4.98 Å². The number of aromatic amines is 1. The molecule has 0 radical (unpaired) electrons. The third-order valence-electron chi connectivity index (χ3n) is 7.66. The molecular formula is C23H29N7O3. The van der Waals surface area contributed by atoms with E-state index in [1.807, 2.05) is 19.3 Å². The lowest BCUT2D eigenvalue weighted by molar-refractivity contribution is -0.129. The van der Waals surface area contributed by atoms with Crippen molar-refractivity contribution in [3.05, 3.63) is 24.3 Å². The highest BCUT2D eigenvalue weighted by Crippen LogP contribution is 2.56. The number of rotatable bonds is 7. The van der Waals surface area contributed by atoms with Crippen LogP contribution in [0.25, 0.3) is 22.5 Å². The minimum Gasteiger partial charge on any atom is -0.390 e. The first-order valence-electron chi connectivity index (χ1n) is 11.7. The summed E-state index contributed by atoms with van der Waals surface area (Å²) in [7, 11) is 1.82. The predicted octanol–water partition coefficient (Wildman–Crippen LogP) is 1.91. The third kappa shape index (κ3) is 3.57. The van der Waals surface area contributed by atoms with E-state index in [1.165, 1.54) is 0 Å². The Balaban J connectivity index is 1.32. The van der Waals surface area contributed by atoms with E-state index < -0.39 is 5.60 Å². The number of pyridine rings is 1. The lowest BCUT2D eigenvalue weighted by Gasteiger charge is -2.58. The SMILES string of the molecule is CNCCNC(=O)c1noc(-c2cnc3[nH]ccc3c2NC2[C@@H]3CC4C[C@H]2CC(O)(C4)C3)n1. The van der Waals surface area contributed by atoms with Gasteiger partial charge in [-0.15, -0.1) is 0 Å². The fourth-order valence-corrected chi connectivity index (χ4v) is 6.51. The summed E-state index contributed by atoms with van der Waals surface area (Å²) in [6.45, 7) is 1.12. The molecule has 4 saturated carbocycles.